The van der Waals surface area contributed by atoms with Crippen LogP contribution in [0.4, 0.5) is 0 Å². The summed E-state index contributed by atoms with van der Waals surface area (Å²) in [4.78, 5) is 4.58. The Hall–Kier alpha value is -0.220. The number of hydrogen-bond donors (Lipinski definition) is 1. The molecule has 1 saturated heterocycles. The summed E-state index contributed by atoms with van der Waals surface area (Å²) in [5.41, 5.74) is 0. The molecule has 0 spiro atoms. The molecule has 1 N–H and O–H groups in total. The largest absolute Gasteiger partial charge is 0.381 e. The predicted octanol–water partition coefficient (Wildman–Crippen LogP) is 2.52. The first-order valence-corrected chi connectivity index (χ1v) is 7.76. The number of hydrogen-bond acceptors (Lipinski definition) is 3. The summed E-state index contributed by atoms with van der Waals surface area (Å²) in [6.45, 7) is 7.25. The normalized spacial score (nSPS) is 26.8. The van der Waals surface area contributed by atoms with E-state index in [1.165, 1.54) is 12.8 Å². The van der Waals surface area contributed by atoms with E-state index in [-0.39, 0.29) is 0 Å². The van der Waals surface area contributed by atoms with Gasteiger partial charge in [0.1, 0.15) is 0 Å². The molecule has 0 aromatic heterocycles. The second-order valence-electron chi connectivity index (χ2n) is 5.36. The van der Waals surface area contributed by atoms with Crippen LogP contribution in [-0.2, 0) is 4.74 Å². The molecule has 0 aromatic rings. The monoisotopic (exact) mass is 256 g/mol. The minimum Gasteiger partial charge on any atom is -0.381 e. The molecular formula is C13H24N2OS. The molecule has 0 amide bonds. The summed E-state index contributed by atoms with van der Waals surface area (Å²) >= 11 is 1.86. The highest BCUT2D eigenvalue weighted by Gasteiger charge is 2.22. The molecule has 2 fully saturated rings. The van der Waals surface area contributed by atoms with Crippen LogP contribution >= 0.6 is 11.8 Å². The van der Waals surface area contributed by atoms with Gasteiger partial charge < -0.3 is 10.1 Å². The van der Waals surface area contributed by atoms with Crippen molar-refractivity contribution in [1.82, 2.24) is 5.32 Å². The summed E-state index contributed by atoms with van der Waals surface area (Å²) in [5, 5.41) is 4.61. The predicted molar refractivity (Wildman–Crippen MR) is 74.7 cm³/mol. The van der Waals surface area contributed by atoms with Crippen LogP contribution in [0.25, 0.3) is 0 Å². The SMILES string of the molecule is CC(C)C1CSC(=NCCCOCC2CC2)N1. The molecule has 0 bridgehead atoms. The first-order valence-electron chi connectivity index (χ1n) is 6.77. The van der Waals surface area contributed by atoms with Crippen molar-refractivity contribution >= 4 is 16.9 Å². The smallest absolute Gasteiger partial charge is 0.156 e. The van der Waals surface area contributed by atoms with Crippen LogP contribution in [0, 0.1) is 11.8 Å². The average Bonchev–Trinajstić information content (AvgIpc) is 3.00. The van der Waals surface area contributed by atoms with Crippen LogP contribution < -0.4 is 5.32 Å². The van der Waals surface area contributed by atoms with Gasteiger partial charge in [0, 0.05) is 31.6 Å². The number of thioether (sulfide) groups is 1. The standard InChI is InChI=1S/C13H24N2OS/c1-10(2)12-9-17-13(15-12)14-6-3-7-16-8-11-4-5-11/h10-12H,3-9H2,1-2H3,(H,14,15). The Labute approximate surface area is 109 Å². The molecule has 1 aliphatic carbocycles. The Kier molecular flexibility index (Phi) is 5.16. The van der Waals surface area contributed by atoms with Gasteiger partial charge in [0.05, 0.1) is 0 Å². The molecule has 1 atom stereocenters. The van der Waals surface area contributed by atoms with Crippen molar-refractivity contribution in [2.75, 3.05) is 25.5 Å². The topological polar surface area (TPSA) is 33.6 Å². The van der Waals surface area contributed by atoms with E-state index in [1.54, 1.807) is 0 Å². The zero-order valence-corrected chi connectivity index (χ0v) is 11.8. The minimum atomic E-state index is 0.602. The van der Waals surface area contributed by atoms with Crippen LogP contribution in [0.5, 0.6) is 0 Å². The summed E-state index contributed by atoms with van der Waals surface area (Å²) in [6, 6.07) is 0.602. The third-order valence-corrected chi connectivity index (χ3v) is 4.31. The van der Waals surface area contributed by atoms with E-state index in [9.17, 15) is 0 Å². The molecule has 1 aliphatic heterocycles. The van der Waals surface area contributed by atoms with Crippen molar-refractivity contribution in [3.63, 3.8) is 0 Å². The van der Waals surface area contributed by atoms with Gasteiger partial charge in [0.25, 0.3) is 0 Å². The van der Waals surface area contributed by atoms with Crippen molar-refractivity contribution in [3.05, 3.63) is 0 Å². The summed E-state index contributed by atoms with van der Waals surface area (Å²) in [7, 11) is 0. The fraction of sp³-hybridized carbons (Fsp3) is 0.923. The highest BCUT2D eigenvalue weighted by atomic mass is 32.2. The Morgan fingerprint density at radius 2 is 2.29 bits per heavy atom. The molecule has 98 valence electrons. The van der Waals surface area contributed by atoms with Crippen LogP contribution in [0.1, 0.15) is 33.1 Å². The van der Waals surface area contributed by atoms with Gasteiger partial charge in [0.15, 0.2) is 5.17 Å². The molecule has 4 heteroatoms. The lowest BCUT2D eigenvalue weighted by atomic mass is 10.1. The van der Waals surface area contributed by atoms with Gasteiger partial charge in [-0.15, -0.1) is 0 Å². The van der Waals surface area contributed by atoms with E-state index < -0.39 is 0 Å². The number of aliphatic imine (C=N–C) groups is 1. The fourth-order valence-corrected chi connectivity index (χ4v) is 2.97. The van der Waals surface area contributed by atoms with Crippen molar-refractivity contribution in [2.45, 2.75) is 39.2 Å². The molecule has 0 aromatic carbocycles. The average molecular weight is 256 g/mol. The van der Waals surface area contributed by atoms with Crippen molar-refractivity contribution in [2.24, 2.45) is 16.8 Å². The lowest BCUT2D eigenvalue weighted by molar-refractivity contribution is 0.123. The first kappa shape index (κ1) is 13.2. The van der Waals surface area contributed by atoms with Gasteiger partial charge in [-0.3, -0.25) is 4.99 Å². The summed E-state index contributed by atoms with van der Waals surface area (Å²) in [6.07, 6.45) is 3.80. The Balaban J connectivity index is 1.51. The number of nitrogens with one attached hydrogen (secondary N) is 1. The third-order valence-electron chi connectivity index (χ3n) is 3.27. The summed E-state index contributed by atoms with van der Waals surface area (Å²) < 4.78 is 5.59. The zero-order chi connectivity index (χ0) is 12.1. The summed E-state index contributed by atoms with van der Waals surface area (Å²) in [5.74, 6) is 2.73. The number of amidine groups is 1. The molecule has 0 radical (unpaired) electrons. The highest BCUT2D eigenvalue weighted by Crippen LogP contribution is 2.28. The lowest BCUT2D eigenvalue weighted by Gasteiger charge is -2.13. The van der Waals surface area contributed by atoms with Gasteiger partial charge >= 0.3 is 0 Å². The van der Waals surface area contributed by atoms with E-state index in [4.69, 9.17) is 4.74 Å². The number of nitrogens with zero attached hydrogens (tertiary/aromatic N) is 1. The molecule has 1 heterocycles. The van der Waals surface area contributed by atoms with Crippen molar-refractivity contribution in [1.29, 1.82) is 0 Å². The number of ether oxygens (including phenoxy) is 1. The van der Waals surface area contributed by atoms with Crippen LogP contribution in [0.3, 0.4) is 0 Å². The third kappa shape index (κ3) is 4.88. The van der Waals surface area contributed by atoms with Crippen LogP contribution in [0.2, 0.25) is 0 Å². The minimum absolute atomic E-state index is 0.602. The fourth-order valence-electron chi connectivity index (χ4n) is 1.74. The van der Waals surface area contributed by atoms with Crippen molar-refractivity contribution in [3.8, 4) is 0 Å². The van der Waals surface area contributed by atoms with Gasteiger partial charge in [-0.25, -0.2) is 0 Å². The Bertz CT molecular complexity index is 264. The van der Waals surface area contributed by atoms with Gasteiger partial charge in [-0.05, 0) is 31.1 Å². The zero-order valence-electron chi connectivity index (χ0n) is 10.9. The molecular weight excluding hydrogens is 232 g/mol. The second kappa shape index (κ2) is 6.64. The van der Waals surface area contributed by atoms with Gasteiger partial charge in [0.2, 0.25) is 0 Å². The maximum absolute atomic E-state index is 5.59. The van der Waals surface area contributed by atoms with E-state index in [1.807, 2.05) is 11.8 Å². The second-order valence-corrected chi connectivity index (χ2v) is 6.37. The van der Waals surface area contributed by atoms with E-state index in [0.717, 1.165) is 43.0 Å². The van der Waals surface area contributed by atoms with Crippen LogP contribution in [0.15, 0.2) is 4.99 Å². The Morgan fingerprint density at radius 3 is 2.94 bits per heavy atom. The van der Waals surface area contributed by atoms with Crippen molar-refractivity contribution < 1.29 is 4.74 Å². The lowest BCUT2D eigenvalue weighted by Crippen LogP contribution is -2.31. The van der Waals surface area contributed by atoms with E-state index in [0.29, 0.717) is 12.0 Å². The van der Waals surface area contributed by atoms with Crippen LogP contribution in [-0.4, -0.2) is 36.7 Å². The molecule has 1 saturated carbocycles. The molecule has 3 nitrogen and oxygen atoms in total. The Morgan fingerprint density at radius 1 is 1.47 bits per heavy atom. The molecule has 1 unspecified atom stereocenters. The molecule has 2 rings (SSSR count). The van der Waals surface area contributed by atoms with E-state index >= 15 is 0 Å². The first-order chi connectivity index (χ1) is 8.25. The quantitative estimate of drug-likeness (QED) is 0.711. The van der Waals surface area contributed by atoms with E-state index in [2.05, 4.69) is 24.2 Å². The maximum Gasteiger partial charge on any atom is 0.156 e. The molecule has 17 heavy (non-hydrogen) atoms. The van der Waals surface area contributed by atoms with Gasteiger partial charge in [-0.1, -0.05) is 25.6 Å². The number of rotatable bonds is 7. The van der Waals surface area contributed by atoms with Gasteiger partial charge in [-0.2, -0.15) is 0 Å². The highest BCUT2D eigenvalue weighted by molar-refractivity contribution is 8.14. The molecule has 2 aliphatic rings. The maximum atomic E-state index is 5.59.